The fraction of sp³-hybridized carbons (Fsp3) is 0.389. The zero-order valence-electron chi connectivity index (χ0n) is 14.1. The van der Waals surface area contributed by atoms with Crippen LogP contribution in [0, 0.1) is 0 Å². The number of anilines is 1. The lowest BCUT2D eigenvalue weighted by Crippen LogP contribution is -2.25. The van der Waals surface area contributed by atoms with Gasteiger partial charge in [0.25, 0.3) is 5.91 Å². The summed E-state index contributed by atoms with van der Waals surface area (Å²) in [4.78, 5) is 23.4. The molecule has 0 spiro atoms. The van der Waals surface area contributed by atoms with Crippen LogP contribution in [0.5, 0.6) is 5.75 Å². The highest BCUT2D eigenvalue weighted by Crippen LogP contribution is 2.20. The molecule has 2 aromatic rings. The van der Waals surface area contributed by atoms with Crippen LogP contribution < -0.4 is 15.4 Å². The van der Waals surface area contributed by atoms with E-state index in [0.29, 0.717) is 17.9 Å². The van der Waals surface area contributed by atoms with Gasteiger partial charge in [-0.2, -0.15) is 0 Å². The van der Waals surface area contributed by atoms with Crippen molar-refractivity contribution in [2.45, 2.75) is 45.3 Å². The highest BCUT2D eigenvalue weighted by molar-refractivity contribution is 5.92. The molecule has 1 aromatic heterocycles. The van der Waals surface area contributed by atoms with Gasteiger partial charge in [-0.25, -0.2) is 0 Å². The number of benzene rings is 1. The van der Waals surface area contributed by atoms with Gasteiger partial charge in [0.15, 0.2) is 11.5 Å². The van der Waals surface area contributed by atoms with Crippen molar-refractivity contribution in [1.29, 1.82) is 0 Å². The minimum atomic E-state index is -0.218. The Bertz CT molecular complexity index is 735. The molecule has 0 radical (unpaired) electrons. The quantitative estimate of drug-likeness (QED) is 0.769. The first-order valence-electron chi connectivity index (χ1n) is 8.43. The lowest BCUT2D eigenvalue weighted by molar-refractivity contribution is -0.116. The first kappa shape index (κ1) is 17.0. The Morgan fingerprint density at radius 1 is 1.28 bits per heavy atom. The van der Waals surface area contributed by atoms with Gasteiger partial charge in [0.2, 0.25) is 5.91 Å². The number of ether oxygens (including phenoxy) is 1. The van der Waals surface area contributed by atoms with E-state index in [-0.39, 0.29) is 30.2 Å². The second-order valence-corrected chi connectivity index (χ2v) is 6.04. The highest BCUT2D eigenvalue weighted by Gasteiger charge is 2.25. The Balaban J connectivity index is 1.49. The van der Waals surface area contributed by atoms with Crippen molar-refractivity contribution in [2.75, 3.05) is 5.32 Å². The van der Waals surface area contributed by atoms with Crippen molar-refractivity contribution < 1.29 is 18.8 Å². The first-order valence-corrected chi connectivity index (χ1v) is 8.43. The van der Waals surface area contributed by atoms with E-state index >= 15 is 0 Å². The second kappa shape index (κ2) is 7.83. The van der Waals surface area contributed by atoms with E-state index in [4.69, 9.17) is 9.26 Å². The molecule has 132 valence electrons. The number of amides is 2. The zero-order valence-corrected chi connectivity index (χ0v) is 14.1. The molecule has 0 aliphatic heterocycles. The van der Waals surface area contributed by atoms with Gasteiger partial charge >= 0.3 is 0 Å². The molecule has 1 fully saturated rings. The monoisotopic (exact) mass is 343 g/mol. The number of hydrogen-bond acceptors (Lipinski definition) is 5. The number of nitrogens with one attached hydrogen (secondary N) is 2. The Kier molecular flexibility index (Phi) is 5.33. The van der Waals surface area contributed by atoms with Crippen LogP contribution in [0.3, 0.4) is 0 Å². The third-order valence-electron chi connectivity index (χ3n) is 3.70. The summed E-state index contributed by atoms with van der Waals surface area (Å²) in [6.07, 6.45) is 3.36. The molecule has 3 rings (SSSR count). The largest absolute Gasteiger partial charge is 0.486 e. The molecular formula is C18H21N3O4. The van der Waals surface area contributed by atoms with Crippen LogP contribution in [0.2, 0.25) is 0 Å². The molecule has 0 atom stereocenters. The van der Waals surface area contributed by atoms with E-state index in [1.54, 1.807) is 30.3 Å². The third kappa shape index (κ3) is 5.07. The van der Waals surface area contributed by atoms with Gasteiger partial charge in [0.1, 0.15) is 12.4 Å². The summed E-state index contributed by atoms with van der Waals surface area (Å²) in [7, 11) is 0. The Morgan fingerprint density at radius 2 is 2.04 bits per heavy atom. The fourth-order valence-electron chi connectivity index (χ4n) is 2.21. The molecule has 1 aliphatic rings. The maximum Gasteiger partial charge on any atom is 0.273 e. The molecule has 2 N–H and O–H groups in total. The van der Waals surface area contributed by atoms with E-state index in [9.17, 15) is 9.59 Å². The number of hydrogen-bond donors (Lipinski definition) is 2. The Hall–Kier alpha value is -2.83. The average molecular weight is 343 g/mol. The van der Waals surface area contributed by atoms with E-state index in [2.05, 4.69) is 15.8 Å². The maximum absolute atomic E-state index is 11.8. The first-order chi connectivity index (χ1) is 12.1. The lowest BCUT2D eigenvalue weighted by atomic mass is 10.2. The zero-order chi connectivity index (χ0) is 17.6. The molecule has 0 unspecified atom stereocenters. The van der Waals surface area contributed by atoms with Crippen molar-refractivity contribution in [1.82, 2.24) is 10.5 Å². The maximum atomic E-state index is 11.8. The van der Waals surface area contributed by atoms with Crippen LogP contribution in [0.4, 0.5) is 5.69 Å². The van der Waals surface area contributed by atoms with Crippen LogP contribution in [-0.4, -0.2) is 23.0 Å². The minimum absolute atomic E-state index is 0.00479. The van der Waals surface area contributed by atoms with Gasteiger partial charge in [-0.15, -0.1) is 0 Å². The Labute approximate surface area is 145 Å². The molecule has 2 amide bonds. The van der Waals surface area contributed by atoms with E-state index in [1.807, 2.05) is 6.92 Å². The van der Waals surface area contributed by atoms with Gasteiger partial charge in [0, 0.05) is 24.2 Å². The molecule has 1 aromatic carbocycles. The van der Waals surface area contributed by atoms with Crippen LogP contribution in [0.15, 0.2) is 34.9 Å². The number of rotatable bonds is 8. The molecule has 0 saturated heterocycles. The topological polar surface area (TPSA) is 93.5 Å². The molecule has 7 nitrogen and oxygen atoms in total. The smallest absolute Gasteiger partial charge is 0.273 e. The summed E-state index contributed by atoms with van der Waals surface area (Å²) in [6, 6.07) is 8.93. The summed E-state index contributed by atoms with van der Waals surface area (Å²) in [5.41, 5.74) is 0.990. The van der Waals surface area contributed by atoms with E-state index < -0.39 is 0 Å². The normalized spacial score (nSPS) is 13.3. The van der Waals surface area contributed by atoms with Crippen LogP contribution in [0.25, 0.3) is 0 Å². The highest BCUT2D eigenvalue weighted by atomic mass is 16.5. The van der Waals surface area contributed by atoms with Crippen molar-refractivity contribution in [3.8, 4) is 5.75 Å². The van der Waals surface area contributed by atoms with Gasteiger partial charge in [-0.1, -0.05) is 12.1 Å². The lowest BCUT2D eigenvalue weighted by Gasteiger charge is -2.06. The van der Waals surface area contributed by atoms with Crippen molar-refractivity contribution >= 4 is 17.5 Å². The third-order valence-corrected chi connectivity index (χ3v) is 3.70. The second-order valence-electron chi connectivity index (χ2n) is 6.04. The standard InChI is InChI=1S/C18H21N3O4/c1-2-3-17(22)19-12-6-8-14(9-7-12)24-11-15-10-16(21-25-15)18(23)20-13-4-5-13/h6-10,13H,2-5,11H2,1H3,(H,19,22)(H,20,23). The molecule has 7 heteroatoms. The van der Waals surface area contributed by atoms with Gasteiger partial charge in [0.05, 0.1) is 0 Å². The van der Waals surface area contributed by atoms with Gasteiger partial charge in [-0.3, -0.25) is 9.59 Å². The summed E-state index contributed by atoms with van der Waals surface area (Å²) >= 11 is 0. The van der Waals surface area contributed by atoms with Crippen LogP contribution >= 0.6 is 0 Å². The van der Waals surface area contributed by atoms with Crippen LogP contribution in [0.1, 0.15) is 48.9 Å². The molecule has 0 bridgehead atoms. The predicted molar refractivity (Wildman–Crippen MR) is 91.3 cm³/mol. The summed E-state index contributed by atoms with van der Waals surface area (Å²) in [5, 5.41) is 9.42. The van der Waals surface area contributed by atoms with Crippen LogP contribution in [-0.2, 0) is 11.4 Å². The minimum Gasteiger partial charge on any atom is -0.486 e. The van der Waals surface area contributed by atoms with E-state index in [0.717, 1.165) is 24.9 Å². The average Bonchev–Trinajstić information content (AvgIpc) is 3.28. The predicted octanol–water partition coefficient (Wildman–Crippen LogP) is 2.88. The Morgan fingerprint density at radius 3 is 2.72 bits per heavy atom. The molecular weight excluding hydrogens is 322 g/mol. The summed E-state index contributed by atoms with van der Waals surface area (Å²) in [5.74, 6) is 0.884. The van der Waals surface area contributed by atoms with Gasteiger partial charge < -0.3 is 19.9 Å². The number of carbonyl (C=O) groups is 2. The van der Waals surface area contributed by atoms with Crippen molar-refractivity contribution in [3.05, 3.63) is 41.8 Å². The fourth-order valence-corrected chi connectivity index (χ4v) is 2.21. The molecule has 1 saturated carbocycles. The van der Waals surface area contributed by atoms with Gasteiger partial charge in [-0.05, 0) is 43.5 Å². The molecule has 1 heterocycles. The molecule has 25 heavy (non-hydrogen) atoms. The van der Waals surface area contributed by atoms with Crippen molar-refractivity contribution in [3.63, 3.8) is 0 Å². The molecule has 1 aliphatic carbocycles. The SMILES string of the molecule is CCCC(=O)Nc1ccc(OCc2cc(C(=O)NC3CC3)no2)cc1. The van der Waals surface area contributed by atoms with Crippen molar-refractivity contribution in [2.24, 2.45) is 0 Å². The summed E-state index contributed by atoms with van der Waals surface area (Å²) < 4.78 is 10.7. The number of aromatic nitrogens is 1. The van der Waals surface area contributed by atoms with E-state index in [1.165, 1.54) is 0 Å². The summed E-state index contributed by atoms with van der Waals surface area (Å²) in [6.45, 7) is 2.13. The number of carbonyl (C=O) groups excluding carboxylic acids is 2. The number of nitrogens with zero attached hydrogens (tertiary/aromatic N) is 1.